The first-order chi connectivity index (χ1) is 19.3. The van der Waals surface area contributed by atoms with Gasteiger partial charge in [-0.05, 0) is 144 Å². The minimum atomic E-state index is 0.172. The van der Waals surface area contributed by atoms with Gasteiger partial charge in [-0.15, -0.1) is 0 Å². The second-order valence-electron chi connectivity index (χ2n) is 14.4. The van der Waals surface area contributed by atoms with Crippen molar-refractivity contribution in [2.45, 2.75) is 116 Å². The van der Waals surface area contributed by atoms with Crippen molar-refractivity contribution in [3.8, 4) is 0 Å². The maximum absolute atomic E-state index is 6.92. The van der Waals surface area contributed by atoms with E-state index in [-0.39, 0.29) is 11.5 Å². The summed E-state index contributed by atoms with van der Waals surface area (Å²) in [6.07, 6.45) is 14.6. The summed E-state index contributed by atoms with van der Waals surface area (Å²) in [5.74, 6) is 3.83. The van der Waals surface area contributed by atoms with Crippen molar-refractivity contribution in [3.63, 3.8) is 0 Å². The van der Waals surface area contributed by atoms with Crippen molar-refractivity contribution in [1.29, 1.82) is 0 Å². The average molecular weight is 565 g/mol. The molecule has 0 saturated heterocycles. The molecule has 4 aliphatic rings. The smallest absolute Gasteiger partial charge is 0.0637 e. The molecule has 0 radical (unpaired) electrons. The third kappa shape index (κ3) is 6.61. The van der Waals surface area contributed by atoms with Crippen molar-refractivity contribution in [3.05, 3.63) is 0 Å². The van der Waals surface area contributed by atoms with Crippen LogP contribution in [0.3, 0.4) is 0 Å². The normalized spacial score (nSPS) is 41.8. The van der Waals surface area contributed by atoms with E-state index in [1.807, 2.05) is 0 Å². The molecular weight excluding hydrogens is 500 g/mol. The van der Waals surface area contributed by atoms with Crippen LogP contribution in [0, 0.1) is 46.3 Å². The Hall–Kier alpha value is -0.280. The van der Waals surface area contributed by atoms with Crippen molar-refractivity contribution < 1.29 is 14.2 Å². The molecule has 0 amide bonds. The molecule has 0 bridgehead atoms. The van der Waals surface area contributed by atoms with Gasteiger partial charge in [0, 0.05) is 25.2 Å². The first kappa shape index (κ1) is 32.6. The topological polar surface area (TPSA) is 132 Å². The molecule has 4 aliphatic carbocycles. The van der Waals surface area contributed by atoms with Crippen LogP contribution in [0.1, 0.15) is 97.8 Å². The van der Waals surface area contributed by atoms with E-state index in [2.05, 4.69) is 20.8 Å². The van der Waals surface area contributed by atoms with E-state index in [0.29, 0.717) is 72.8 Å². The lowest BCUT2D eigenvalue weighted by molar-refractivity contribution is -0.227. The van der Waals surface area contributed by atoms with Crippen molar-refractivity contribution in [2.24, 2.45) is 69.3 Å². The Kier molecular flexibility index (Phi) is 12.2. The lowest BCUT2D eigenvalue weighted by Crippen LogP contribution is -2.63. The van der Waals surface area contributed by atoms with Crippen LogP contribution in [0.25, 0.3) is 0 Å². The van der Waals surface area contributed by atoms with Crippen molar-refractivity contribution >= 4 is 0 Å². The van der Waals surface area contributed by atoms with Gasteiger partial charge in [-0.2, -0.15) is 0 Å². The van der Waals surface area contributed by atoms with Crippen LogP contribution >= 0.6 is 0 Å². The Morgan fingerprint density at radius 3 is 2.05 bits per heavy atom. The highest BCUT2D eigenvalue weighted by Gasteiger charge is 2.66. The first-order valence-electron chi connectivity index (χ1n) is 17.0. The number of hydrogen-bond acceptors (Lipinski definition) is 7. The molecule has 234 valence electrons. The zero-order valence-corrected chi connectivity index (χ0v) is 26.2. The fourth-order valence-electron chi connectivity index (χ4n) is 10.2. The summed E-state index contributed by atoms with van der Waals surface area (Å²) in [4.78, 5) is 0. The van der Waals surface area contributed by atoms with Gasteiger partial charge in [0.15, 0.2) is 0 Å². The standard InChI is InChI=1S/C33H64N4O3/c1-23(8-4-13-34)26-9-10-27-31-28(22-30(33(26,27)3)40-19-7-16-37)32(2)12-11-25(38-17-5-14-35)20-24(32)21-29(31)39-18-6-15-36/h23-31H,4-22,34-37H2,1-3H3/t23-,24+,25-,26-,27+,28+,29-,30+,31+,32+,33-/m1/s1. The summed E-state index contributed by atoms with van der Waals surface area (Å²) in [6, 6.07) is 0. The molecule has 7 nitrogen and oxygen atoms in total. The largest absolute Gasteiger partial charge is 0.378 e. The van der Waals surface area contributed by atoms with E-state index >= 15 is 0 Å². The molecule has 0 aromatic carbocycles. The van der Waals surface area contributed by atoms with E-state index < -0.39 is 0 Å². The summed E-state index contributed by atoms with van der Waals surface area (Å²) >= 11 is 0. The van der Waals surface area contributed by atoms with Crippen LogP contribution in [0.4, 0.5) is 0 Å². The fraction of sp³-hybridized carbons (Fsp3) is 1.00. The van der Waals surface area contributed by atoms with Crippen LogP contribution in [-0.2, 0) is 14.2 Å². The molecule has 11 atom stereocenters. The van der Waals surface area contributed by atoms with Crippen LogP contribution in [0.2, 0.25) is 0 Å². The molecule has 0 aromatic rings. The summed E-state index contributed by atoms with van der Waals surface area (Å²) in [6.45, 7) is 12.9. The summed E-state index contributed by atoms with van der Waals surface area (Å²) in [7, 11) is 0. The van der Waals surface area contributed by atoms with Gasteiger partial charge in [0.05, 0.1) is 18.3 Å². The number of hydrogen-bond donors (Lipinski definition) is 4. The van der Waals surface area contributed by atoms with E-state index in [1.165, 1.54) is 32.1 Å². The maximum atomic E-state index is 6.92. The highest BCUT2D eigenvalue weighted by Crippen LogP contribution is 2.69. The second kappa shape index (κ2) is 14.9. The molecule has 7 heteroatoms. The molecule has 0 aliphatic heterocycles. The molecule has 0 spiro atoms. The highest BCUT2D eigenvalue weighted by molar-refractivity contribution is 5.15. The number of rotatable bonds is 16. The third-order valence-corrected chi connectivity index (χ3v) is 12.4. The lowest BCUT2D eigenvalue weighted by Gasteiger charge is -2.65. The number of nitrogens with two attached hydrogens (primary N) is 4. The molecule has 4 rings (SSSR count). The van der Waals surface area contributed by atoms with E-state index in [1.54, 1.807) is 0 Å². The van der Waals surface area contributed by atoms with Crippen molar-refractivity contribution in [1.82, 2.24) is 0 Å². The molecule has 8 N–H and O–H groups in total. The Labute approximate surface area is 245 Å². The van der Waals surface area contributed by atoms with Gasteiger partial charge in [0.1, 0.15) is 0 Å². The van der Waals surface area contributed by atoms with E-state index in [9.17, 15) is 0 Å². The Bertz CT molecular complexity index is 757. The van der Waals surface area contributed by atoms with Gasteiger partial charge in [-0.3, -0.25) is 0 Å². The van der Waals surface area contributed by atoms with Crippen LogP contribution in [-0.4, -0.2) is 64.3 Å². The molecule has 0 heterocycles. The van der Waals surface area contributed by atoms with Gasteiger partial charge < -0.3 is 37.1 Å². The molecule has 0 aromatic heterocycles. The van der Waals surface area contributed by atoms with Crippen LogP contribution in [0.15, 0.2) is 0 Å². The molecule has 0 unspecified atom stereocenters. The van der Waals surface area contributed by atoms with E-state index in [0.717, 1.165) is 71.3 Å². The van der Waals surface area contributed by atoms with Gasteiger partial charge in [-0.25, -0.2) is 0 Å². The van der Waals surface area contributed by atoms with Crippen LogP contribution in [0.5, 0.6) is 0 Å². The second-order valence-corrected chi connectivity index (χ2v) is 14.4. The van der Waals surface area contributed by atoms with Gasteiger partial charge in [0.25, 0.3) is 0 Å². The van der Waals surface area contributed by atoms with Crippen LogP contribution < -0.4 is 22.9 Å². The Balaban J connectivity index is 1.64. The average Bonchev–Trinajstić information content (AvgIpc) is 3.31. The third-order valence-electron chi connectivity index (χ3n) is 12.4. The SMILES string of the molecule is C[C@H](CCCN)[C@H]1CC[C@H]2[C@@H]3[C@H](OCCCN)C[C@@H]4C[C@H](OCCCN)CC[C@]4(C)[C@H]3C[C@H](OCCCN)[C@]12C. The fourth-order valence-corrected chi connectivity index (χ4v) is 10.2. The van der Waals surface area contributed by atoms with Gasteiger partial charge >= 0.3 is 0 Å². The lowest BCUT2D eigenvalue weighted by atomic mass is 9.43. The first-order valence-corrected chi connectivity index (χ1v) is 17.0. The maximum Gasteiger partial charge on any atom is 0.0637 e. The zero-order valence-electron chi connectivity index (χ0n) is 26.2. The molecule has 4 fully saturated rings. The Morgan fingerprint density at radius 1 is 0.725 bits per heavy atom. The molecule has 4 saturated carbocycles. The van der Waals surface area contributed by atoms with Gasteiger partial charge in [0.2, 0.25) is 0 Å². The quantitative estimate of drug-likeness (QED) is 0.204. The predicted octanol–water partition coefficient (Wildman–Crippen LogP) is 4.44. The summed E-state index contributed by atoms with van der Waals surface area (Å²) in [5.41, 5.74) is 24.0. The Morgan fingerprint density at radius 2 is 1.38 bits per heavy atom. The predicted molar refractivity (Wildman–Crippen MR) is 164 cm³/mol. The minimum absolute atomic E-state index is 0.172. The molecule has 40 heavy (non-hydrogen) atoms. The van der Waals surface area contributed by atoms with Gasteiger partial charge in [-0.1, -0.05) is 20.8 Å². The zero-order chi connectivity index (χ0) is 28.8. The molecular formula is C33H64N4O3. The number of ether oxygens (including phenoxy) is 3. The summed E-state index contributed by atoms with van der Waals surface area (Å²) in [5, 5.41) is 0. The highest BCUT2D eigenvalue weighted by atomic mass is 16.5. The van der Waals surface area contributed by atoms with Crippen molar-refractivity contribution in [2.75, 3.05) is 46.0 Å². The van der Waals surface area contributed by atoms with E-state index in [4.69, 9.17) is 37.1 Å². The monoisotopic (exact) mass is 564 g/mol. The minimum Gasteiger partial charge on any atom is -0.378 e. The number of fused-ring (bicyclic) bond motifs is 5. The summed E-state index contributed by atoms with van der Waals surface area (Å²) < 4.78 is 20.1.